The van der Waals surface area contributed by atoms with E-state index < -0.39 is 0 Å². The molecule has 0 amide bonds. The fourth-order valence-corrected chi connectivity index (χ4v) is 11.6. The van der Waals surface area contributed by atoms with E-state index in [4.69, 9.17) is 0 Å². The van der Waals surface area contributed by atoms with E-state index >= 15 is 0 Å². The molecule has 0 saturated heterocycles. The van der Waals surface area contributed by atoms with Crippen LogP contribution in [0.2, 0.25) is 0 Å². The molecule has 0 aliphatic heterocycles. The summed E-state index contributed by atoms with van der Waals surface area (Å²) in [6, 6.07) is 97.6. The summed E-state index contributed by atoms with van der Waals surface area (Å²) in [7, 11) is 0. The Morgan fingerprint density at radius 1 is 0.208 bits per heavy atom. The van der Waals surface area contributed by atoms with Gasteiger partial charge in [-0.3, -0.25) is 0 Å². The molecule has 0 fully saturated rings. The lowest BCUT2D eigenvalue weighted by Gasteiger charge is -2.28. The van der Waals surface area contributed by atoms with Crippen molar-refractivity contribution in [3.63, 3.8) is 0 Å². The standard InChI is InChI=1S/C68H44N4/c1-5-17-49(18-6-1)69(55-33-35-67-63(43-55)57-25-13-15-27-65(57)71(67)51-21-9-3-10-22-51)53-31-29-45-39-59-60-40-46-30-32-54(38-48(46)42-62(60)61(59)41-47(45)37-53)70(50-19-7-2-8-20-50)56-34-36-68-64(44-56)58-26-14-16-28-66(58)72(68)52-23-11-4-12-24-52/h1-44H. The number of rotatable bonds is 8. The lowest BCUT2D eigenvalue weighted by molar-refractivity contribution is 1.18. The first-order chi connectivity index (χ1) is 35.7. The zero-order chi connectivity index (χ0) is 47.3. The van der Waals surface area contributed by atoms with Gasteiger partial charge in [0.15, 0.2) is 0 Å². The SMILES string of the molecule is c1ccc(N(c2ccc3cc4c(cc3c2)-c2cc3cc(N(c5ccccc5)c5ccc6c(c5)c5ccccc5n6-c5ccccc5)ccc3cc2-4)c2ccc3c(c2)c2ccccc2n3-c2ccccc2)cc1. The molecule has 0 atom stereocenters. The van der Waals surface area contributed by atoms with Crippen LogP contribution in [0, 0.1) is 0 Å². The number of hydrogen-bond donors (Lipinski definition) is 0. The number of hydrogen-bond acceptors (Lipinski definition) is 2. The Morgan fingerprint density at radius 3 is 0.944 bits per heavy atom. The summed E-state index contributed by atoms with van der Waals surface area (Å²) in [5, 5.41) is 9.82. The van der Waals surface area contributed by atoms with Crippen LogP contribution in [0.3, 0.4) is 0 Å². The molecule has 12 aromatic carbocycles. The molecule has 14 aromatic rings. The molecule has 15 rings (SSSR count). The number of nitrogens with zero attached hydrogens (tertiary/aromatic N) is 4. The maximum absolute atomic E-state index is 2.41. The number of aromatic nitrogens is 2. The molecule has 4 heteroatoms. The van der Waals surface area contributed by atoms with Gasteiger partial charge in [0.25, 0.3) is 0 Å². The van der Waals surface area contributed by atoms with Crippen LogP contribution in [0.5, 0.6) is 0 Å². The second-order valence-corrected chi connectivity index (χ2v) is 19.0. The molecule has 0 saturated carbocycles. The van der Waals surface area contributed by atoms with Crippen molar-refractivity contribution < 1.29 is 0 Å². The molecular formula is C68H44N4. The molecule has 0 N–H and O–H groups in total. The van der Waals surface area contributed by atoms with Crippen LogP contribution >= 0.6 is 0 Å². The normalized spacial score (nSPS) is 11.9. The molecule has 2 aromatic heterocycles. The van der Waals surface area contributed by atoms with Crippen LogP contribution in [0.4, 0.5) is 34.1 Å². The third kappa shape index (κ3) is 6.26. The van der Waals surface area contributed by atoms with Crippen LogP contribution in [0.15, 0.2) is 267 Å². The van der Waals surface area contributed by atoms with E-state index in [1.807, 2.05) is 0 Å². The van der Waals surface area contributed by atoms with E-state index in [0.29, 0.717) is 0 Å². The highest BCUT2D eigenvalue weighted by atomic mass is 15.1. The Balaban J connectivity index is 0.824. The Kier molecular flexibility index (Phi) is 8.92. The molecule has 2 heterocycles. The summed E-state index contributed by atoms with van der Waals surface area (Å²) in [5.41, 5.74) is 19.0. The Labute approximate surface area is 416 Å². The Morgan fingerprint density at radius 2 is 0.528 bits per heavy atom. The van der Waals surface area contributed by atoms with Gasteiger partial charge < -0.3 is 18.9 Å². The van der Waals surface area contributed by atoms with Crippen LogP contribution < -0.4 is 9.80 Å². The zero-order valence-corrected chi connectivity index (χ0v) is 39.2. The van der Waals surface area contributed by atoms with Crippen molar-refractivity contribution in [1.29, 1.82) is 0 Å². The fraction of sp³-hybridized carbons (Fsp3) is 0. The molecule has 0 bridgehead atoms. The van der Waals surface area contributed by atoms with Crippen LogP contribution in [0.25, 0.3) is 98.8 Å². The van der Waals surface area contributed by atoms with E-state index in [-0.39, 0.29) is 0 Å². The van der Waals surface area contributed by atoms with Gasteiger partial charge in [0, 0.05) is 67.0 Å². The van der Waals surface area contributed by atoms with Gasteiger partial charge >= 0.3 is 0 Å². The lowest BCUT2D eigenvalue weighted by atomic mass is 9.78. The van der Waals surface area contributed by atoms with Gasteiger partial charge in [-0.1, -0.05) is 121 Å². The minimum Gasteiger partial charge on any atom is -0.310 e. The lowest BCUT2D eigenvalue weighted by Crippen LogP contribution is -2.10. The van der Waals surface area contributed by atoms with Gasteiger partial charge in [0.05, 0.1) is 22.1 Å². The van der Waals surface area contributed by atoms with Crippen molar-refractivity contribution in [2.24, 2.45) is 0 Å². The molecule has 1 aliphatic rings. The maximum atomic E-state index is 2.41. The molecule has 0 radical (unpaired) electrons. The first-order valence-corrected chi connectivity index (χ1v) is 24.7. The van der Waals surface area contributed by atoms with E-state index in [0.717, 1.165) is 45.5 Å². The van der Waals surface area contributed by atoms with Crippen molar-refractivity contribution in [3.05, 3.63) is 267 Å². The van der Waals surface area contributed by atoms with Gasteiger partial charge in [-0.25, -0.2) is 0 Å². The highest BCUT2D eigenvalue weighted by Gasteiger charge is 2.26. The van der Waals surface area contributed by atoms with Crippen LogP contribution in [0.1, 0.15) is 0 Å². The Hall–Kier alpha value is -9.64. The fourth-order valence-electron chi connectivity index (χ4n) is 11.6. The first kappa shape index (κ1) is 40.3. The second kappa shape index (κ2) is 16.0. The summed E-state index contributed by atoms with van der Waals surface area (Å²) in [4.78, 5) is 4.79. The summed E-state index contributed by atoms with van der Waals surface area (Å²) >= 11 is 0. The highest BCUT2D eigenvalue weighted by Crippen LogP contribution is 2.52. The molecular weight excluding hydrogens is 873 g/mol. The minimum absolute atomic E-state index is 1.11. The third-order valence-electron chi connectivity index (χ3n) is 14.9. The van der Waals surface area contributed by atoms with E-state index in [9.17, 15) is 0 Å². The minimum atomic E-state index is 1.11. The van der Waals surface area contributed by atoms with Crippen LogP contribution in [-0.2, 0) is 0 Å². The van der Waals surface area contributed by atoms with Crippen molar-refractivity contribution in [2.75, 3.05) is 9.80 Å². The monoisotopic (exact) mass is 916 g/mol. The van der Waals surface area contributed by atoms with Gasteiger partial charge in [-0.2, -0.15) is 0 Å². The molecule has 0 unspecified atom stereocenters. The largest absolute Gasteiger partial charge is 0.310 e. The van der Waals surface area contributed by atoms with Gasteiger partial charge in [0.2, 0.25) is 0 Å². The van der Waals surface area contributed by atoms with Crippen molar-refractivity contribution in [1.82, 2.24) is 9.13 Å². The van der Waals surface area contributed by atoms with Crippen molar-refractivity contribution >= 4 is 99.3 Å². The summed E-state index contributed by atoms with van der Waals surface area (Å²) in [5.74, 6) is 0. The Bertz CT molecular complexity index is 4150. The topological polar surface area (TPSA) is 16.3 Å². The number of anilines is 6. The average Bonchev–Trinajstić information content (AvgIpc) is 3.96. The van der Waals surface area contributed by atoms with Gasteiger partial charge in [0.1, 0.15) is 0 Å². The summed E-state index contributed by atoms with van der Waals surface area (Å²) in [6.45, 7) is 0. The van der Waals surface area contributed by atoms with Crippen molar-refractivity contribution in [2.45, 2.75) is 0 Å². The molecule has 0 spiro atoms. The second-order valence-electron chi connectivity index (χ2n) is 19.0. The number of benzene rings is 12. The zero-order valence-electron chi connectivity index (χ0n) is 39.2. The van der Waals surface area contributed by atoms with E-state index in [2.05, 4.69) is 286 Å². The quantitative estimate of drug-likeness (QED) is 0.151. The van der Waals surface area contributed by atoms with Crippen molar-refractivity contribution in [3.8, 4) is 33.6 Å². The van der Waals surface area contributed by atoms with E-state index in [1.54, 1.807) is 0 Å². The molecule has 336 valence electrons. The van der Waals surface area contributed by atoms with E-state index in [1.165, 1.54) is 87.4 Å². The van der Waals surface area contributed by atoms with Crippen LogP contribution in [-0.4, -0.2) is 9.13 Å². The first-order valence-electron chi connectivity index (χ1n) is 24.7. The smallest absolute Gasteiger partial charge is 0.0542 e. The molecule has 4 nitrogen and oxygen atoms in total. The number of fused-ring (bicyclic) bond motifs is 12. The predicted octanol–water partition coefficient (Wildman–Crippen LogP) is 18.8. The average molecular weight is 917 g/mol. The summed E-state index contributed by atoms with van der Waals surface area (Å²) < 4.78 is 4.76. The molecule has 1 aliphatic carbocycles. The predicted molar refractivity (Wildman–Crippen MR) is 304 cm³/mol. The number of para-hydroxylation sites is 6. The van der Waals surface area contributed by atoms with Gasteiger partial charge in [-0.15, -0.1) is 0 Å². The highest BCUT2D eigenvalue weighted by molar-refractivity contribution is 6.14. The maximum Gasteiger partial charge on any atom is 0.0542 e. The van der Waals surface area contributed by atoms with Gasteiger partial charge in [-0.05, 0) is 189 Å². The third-order valence-corrected chi connectivity index (χ3v) is 14.9. The molecule has 72 heavy (non-hydrogen) atoms. The summed E-state index contributed by atoms with van der Waals surface area (Å²) in [6.07, 6.45) is 0.